The van der Waals surface area contributed by atoms with E-state index >= 15 is 0 Å². The van der Waals surface area contributed by atoms with E-state index in [-0.39, 0.29) is 18.0 Å². The van der Waals surface area contributed by atoms with Crippen molar-refractivity contribution in [3.8, 4) is 11.5 Å². The zero-order valence-electron chi connectivity index (χ0n) is 17.0. The van der Waals surface area contributed by atoms with Gasteiger partial charge < -0.3 is 20.1 Å². The number of benzene rings is 3. The van der Waals surface area contributed by atoms with E-state index in [0.29, 0.717) is 17.2 Å². The molecular weight excluding hydrogens is 364 g/mol. The first-order valence-electron chi connectivity index (χ1n) is 9.60. The summed E-state index contributed by atoms with van der Waals surface area (Å²) >= 11 is 0. The normalized spacial score (nSPS) is 11.7. The van der Waals surface area contributed by atoms with Crippen molar-refractivity contribution in [2.75, 3.05) is 19.5 Å². The first-order chi connectivity index (χ1) is 14.1. The molecule has 0 aromatic heterocycles. The van der Waals surface area contributed by atoms with Gasteiger partial charge in [0.25, 0.3) is 5.91 Å². The number of quaternary nitrogens is 1. The second-order valence-electron chi connectivity index (χ2n) is 6.84. The molecule has 5 nitrogen and oxygen atoms in total. The summed E-state index contributed by atoms with van der Waals surface area (Å²) in [5.41, 5.74) is 2.89. The lowest BCUT2D eigenvalue weighted by Crippen LogP contribution is -2.92. The van der Waals surface area contributed by atoms with E-state index in [1.54, 1.807) is 32.4 Å². The van der Waals surface area contributed by atoms with Gasteiger partial charge >= 0.3 is 0 Å². The van der Waals surface area contributed by atoms with E-state index < -0.39 is 0 Å². The third-order valence-electron chi connectivity index (χ3n) is 4.88. The van der Waals surface area contributed by atoms with Crippen LogP contribution in [0, 0.1) is 0 Å². The SMILES string of the molecule is COc1ccc(OC)c(NC(=O)[C@@H](C)[NH2+]C(c2ccccc2)c2ccccc2)c1. The number of rotatable bonds is 8. The van der Waals surface area contributed by atoms with Gasteiger partial charge in [-0.2, -0.15) is 0 Å². The molecule has 3 rings (SSSR count). The van der Waals surface area contributed by atoms with Crippen LogP contribution in [0.5, 0.6) is 11.5 Å². The Morgan fingerprint density at radius 2 is 1.45 bits per heavy atom. The van der Waals surface area contributed by atoms with Crippen LogP contribution < -0.4 is 20.1 Å². The molecule has 3 aromatic rings. The van der Waals surface area contributed by atoms with Gasteiger partial charge in [0.15, 0.2) is 6.04 Å². The zero-order chi connectivity index (χ0) is 20.6. The Labute approximate surface area is 171 Å². The molecule has 0 saturated carbocycles. The van der Waals surface area contributed by atoms with E-state index in [4.69, 9.17) is 9.47 Å². The summed E-state index contributed by atoms with van der Waals surface area (Å²) in [6.07, 6.45) is 0. The van der Waals surface area contributed by atoms with E-state index in [0.717, 1.165) is 11.1 Å². The number of nitrogens with one attached hydrogen (secondary N) is 1. The fourth-order valence-corrected chi connectivity index (χ4v) is 3.27. The van der Waals surface area contributed by atoms with Crippen molar-refractivity contribution < 1.29 is 19.6 Å². The van der Waals surface area contributed by atoms with Crippen LogP contribution in [0.2, 0.25) is 0 Å². The van der Waals surface area contributed by atoms with E-state index in [9.17, 15) is 4.79 Å². The molecule has 0 saturated heterocycles. The fourth-order valence-electron chi connectivity index (χ4n) is 3.27. The Morgan fingerprint density at radius 1 is 0.862 bits per heavy atom. The topological polar surface area (TPSA) is 64.2 Å². The summed E-state index contributed by atoms with van der Waals surface area (Å²) in [5.74, 6) is 1.15. The van der Waals surface area contributed by atoms with E-state index in [1.807, 2.05) is 43.3 Å². The van der Waals surface area contributed by atoms with Gasteiger partial charge in [0.1, 0.15) is 17.5 Å². The molecule has 0 unspecified atom stereocenters. The summed E-state index contributed by atoms with van der Waals surface area (Å²) in [5, 5.41) is 5.05. The first-order valence-corrected chi connectivity index (χ1v) is 9.60. The number of methoxy groups -OCH3 is 2. The third kappa shape index (κ3) is 5.15. The predicted octanol–water partition coefficient (Wildman–Crippen LogP) is 3.38. The van der Waals surface area contributed by atoms with Crippen molar-refractivity contribution in [3.63, 3.8) is 0 Å². The number of amides is 1. The average Bonchev–Trinajstić information content (AvgIpc) is 2.78. The van der Waals surface area contributed by atoms with Crippen molar-refractivity contribution in [2.24, 2.45) is 0 Å². The van der Waals surface area contributed by atoms with Gasteiger partial charge in [-0.15, -0.1) is 0 Å². The molecule has 1 amide bonds. The lowest BCUT2D eigenvalue weighted by atomic mass is 9.98. The van der Waals surface area contributed by atoms with Gasteiger partial charge in [0.2, 0.25) is 0 Å². The van der Waals surface area contributed by atoms with Crippen LogP contribution in [0.25, 0.3) is 0 Å². The van der Waals surface area contributed by atoms with Crippen molar-refractivity contribution in [3.05, 3.63) is 90.0 Å². The van der Waals surface area contributed by atoms with Crippen molar-refractivity contribution in [1.82, 2.24) is 0 Å². The van der Waals surface area contributed by atoms with Gasteiger partial charge in [-0.1, -0.05) is 60.7 Å². The van der Waals surface area contributed by atoms with Gasteiger partial charge in [-0.25, -0.2) is 0 Å². The minimum Gasteiger partial charge on any atom is -0.497 e. The van der Waals surface area contributed by atoms with Crippen LogP contribution in [0.4, 0.5) is 5.69 Å². The Morgan fingerprint density at radius 3 is 1.97 bits per heavy atom. The lowest BCUT2D eigenvalue weighted by molar-refractivity contribution is -0.704. The highest BCUT2D eigenvalue weighted by Crippen LogP contribution is 2.29. The highest BCUT2D eigenvalue weighted by atomic mass is 16.5. The standard InChI is InChI=1S/C24H26N2O3/c1-17(24(27)26-21-16-20(28-2)14-15-22(21)29-3)25-23(18-10-6-4-7-11-18)19-12-8-5-9-13-19/h4-17,23,25H,1-3H3,(H,26,27)/p+1/t17-/m1/s1. The molecule has 0 spiro atoms. The van der Waals surface area contributed by atoms with E-state index in [2.05, 4.69) is 34.9 Å². The van der Waals surface area contributed by atoms with Gasteiger partial charge in [-0.3, -0.25) is 4.79 Å². The Balaban J connectivity index is 1.79. The second kappa shape index (κ2) is 9.75. The Kier molecular flexibility index (Phi) is 6.87. The van der Waals surface area contributed by atoms with Crippen LogP contribution in [-0.4, -0.2) is 26.2 Å². The second-order valence-corrected chi connectivity index (χ2v) is 6.84. The summed E-state index contributed by atoms with van der Waals surface area (Å²) in [4.78, 5) is 12.9. The highest BCUT2D eigenvalue weighted by molar-refractivity contribution is 5.95. The van der Waals surface area contributed by atoms with Crippen molar-refractivity contribution in [2.45, 2.75) is 19.0 Å². The summed E-state index contributed by atoms with van der Waals surface area (Å²) in [6.45, 7) is 1.90. The molecule has 3 aromatic carbocycles. The van der Waals surface area contributed by atoms with E-state index in [1.165, 1.54) is 0 Å². The lowest BCUT2D eigenvalue weighted by Gasteiger charge is -2.21. The predicted molar refractivity (Wildman–Crippen MR) is 114 cm³/mol. The number of nitrogens with two attached hydrogens (primary N) is 1. The molecule has 1 atom stereocenters. The number of hydrogen-bond acceptors (Lipinski definition) is 3. The molecule has 3 N–H and O–H groups in total. The van der Waals surface area contributed by atoms with Crippen LogP contribution in [0.3, 0.4) is 0 Å². The number of carbonyl (C=O) groups excluding carboxylic acids is 1. The molecule has 29 heavy (non-hydrogen) atoms. The maximum atomic E-state index is 12.9. The highest BCUT2D eigenvalue weighted by Gasteiger charge is 2.25. The maximum Gasteiger partial charge on any atom is 0.282 e. The summed E-state index contributed by atoms with van der Waals surface area (Å²) < 4.78 is 10.6. The quantitative estimate of drug-likeness (QED) is 0.619. The molecule has 0 aliphatic carbocycles. The largest absolute Gasteiger partial charge is 0.497 e. The molecule has 150 valence electrons. The minimum atomic E-state index is -0.323. The van der Waals surface area contributed by atoms with Crippen molar-refractivity contribution >= 4 is 11.6 Å². The molecule has 0 aliphatic heterocycles. The average molecular weight is 391 g/mol. The van der Waals surface area contributed by atoms with Crippen molar-refractivity contribution in [1.29, 1.82) is 0 Å². The number of ether oxygens (including phenoxy) is 2. The zero-order valence-corrected chi connectivity index (χ0v) is 17.0. The minimum absolute atomic E-state index is 0.0188. The number of hydrogen-bond donors (Lipinski definition) is 2. The van der Waals surface area contributed by atoms with Gasteiger partial charge in [0.05, 0.1) is 19.9 Å². The number of carbonyl (C=O) groups is 1. The number of anilines is 1. The van der Waals surface area contributed by atoms with Crippen LogP contribution in [-0.2, 0) is 4.79 Å². The van der Waals surface area contributed by atoms with Gasteiger partial charge in [0, 0.05) is 17.2 Å². The molecule has 0 fully saturated rings. The summed E-state index contributed by atoms with van der Waals surface area (Å²) in [6, 6.07) is 25.4. The third-order valence-corrected chi connectivity index (χ3v) is 4.88. The molecule has 0 heterocycles. The monoisotopic (exact) mass is 391 g/mol. The smallest absolute Gasteiger partial charge is 0.282 e. The fraction of sp³-hybridized carbons (Fsp3) is 0.208. The maximum absolute atomic E-state index is 12.9. The summed E-state index contributed by atoms with van der Waals surface area (Å²) in [7, 11) is 3.17. The molecule has 0 aliphatic rings. The van der Waals surface area contributed by atoms with Crippen LogP contribution >= 0.6 is 0 Å². The van der Waals surface area contributed by atoms with Crippen LogP contribution in [0.1, 0.15) is 24.1 Å². The van der Waals surface area contributed by atoms with Gasteiger partial charge in [-0.05, 0) is 19.1 Å². The van der Waals surface area contributed by atoms with Crippen LogP contribution in [0.15, 0.2) is 78.9 Å². The Hall–Kier alpha value is -3.31. The molecule has 0 radical (unpaired) electrons. The molecule has 0 bridgehead atoms. The first kappa shape index (κ1) is 20.4. The molecule has 5 heteroatoms. The Bertz CT molecular complexity index is 890. The molecular formula is C24H27N2O3+.